The van der Waals surface area contributed by atoms with E-state index in [4.69, 9.17) is 0 Å². The van der Waals surface area contributed by atoms with Gasteiger partial charge < -0.3 is 5.32 Å². The monoisotopic (exact) mass is 300 g/mol. The number of para-hydroxylation sites is 1. The molecule has 0 saturated heterocycles. The van der Waals surface area contributed by atoms with E-state index in [1.165, 1.54) is 0 Å². The van der Waals surface area contributed by atoms with Crippen LogP contribution in [0.5, 0.6) is 0 Å². The molecule has 0 atom stereocenters. The lowest BCUT2D eigenvalue weighted by atomic mass is 10.1. The van der Waals surface area contributed by atoms with Crippen molar-refractivity contribution in [3.63, 3.8) is 0 Å². The second-order valence-corrected chi connectivity index (χ2v) is 5.15. The third-order valence-electron chi connectivity index (χ3n) is 3.64. The second-order valence-electron chi connectivity index (χ2n) is 5.15. The number of carbonyl (C=O) groups is 1. The van der Waals surface area contributed by atoms with E-state index in [0.29, 0.717) is 5.71 Å². The Morgan fingerprint density at radius 2 is 1.96 bits per heavy atom. The van der Waals surface area contributed by atoms with Gasteiger partial charge in [-0.15, -0.1) is 5.10 Å². The minimum atomic E-state index is -0.230. The number of fused-ring (bicyclic) bond motifs is 2. The maximum absolute atomic E-state index is 11.9. The molecule has 0 aliphatic carbocycles. The van der Waals surface area contributed by atoms with Crippen molar-refractivity contribution < 1.29 is 4.79 Å². The molecular weight excluding hydrogens is 288 g/mol. The van der Waals surface area contributed by atoms with Crippen LogP contribution in [0.4, 0.5) is 5.69 Å². The summed E-state index contributed by atoms with van der Waals surface area (Å²) in [5, 5.41) is 11.9. The van der Waals surface area contributed by atoms with Crippen LogP contribution in [0, 0.1) is 0 Å². The standard InChI is InChI=1S/C18H12N4O/c23-18-17(14-5-1-2-6-16(14)21-18)22-20-11-12-7-8-15-13(10-12)4-3-9-19-15/h1-11H,(H,21,22,23). The van der Waals surface area contributed by atoms with Crippen LogP contribution in [0.15, 0.2) is 71.0 Å². The Morgan fingerprint density at radius 3 is 2.91 bits per heavy atom. The van der Waals surface area contributed by atoms with Crippen molar-refractivity contribution in [1.82, 2.24) is 4.98 Å². The number of aromatic nitrogens is 1. The van der Waals surface area contributed by atoms with Crippen LogP contribution in [-0.4, -0.2) is 22.8 Å². The molecule has 2 aromatic carbocycles. The van der Waals surface area contributed by atoms with Gasteiger partial charge in [-0.25, -0.2) is 0 Å². The highest BCUT2D eigenvalue weighted by Gasteiger charge is 2.25. The van der Waals surface area contributed by atoms with Gasteiger partial charge in [0.1, 0.15) is 0 Å². The SMILES string of the molecule is O=C1Nc2ccccc2/C1=N/N=Cc1ccc2ncccc2c1. The molecule has 0 radical (unpaired) electrons. The van der Waals surface area contributed by atoms with E-state index < -0.39 is 0 Å². The highest BCUT2D eigenvalue weighted by atomic mass is 16.2. The molecule has 23 heavy (non-hydrogen) atoms. The third-order valence-corrected chi connectivity index (χ3v) is 3.64. The summed E-state index contributed by atoms with van der Waals surface area (Å²) < 4.78 is 0. The summed E-state index contributed by atoms with van der Waals surface area (Å²) in [5.41, 5.74) is 3.71. The van der Waals surface area contributed by atoms with Crippen molar-refractivity contribution in [1.29, 1.82) is 0 Å². The van der Waals surface area contributed by atoms with Gasteiger partial charge in [-0.2, -0.15) is 5.10 Å². The Labute approximate surface area is 132 Å². The Bertz CT molecular complexity index is 975. The molecule has 5 heteroatoms. The van der Waals surface area contributed by atoms with Crippen molar-refractivity contribution in [3.8, 4) is 0 Å². The normalized spacial score (nSPS) is 15.3. The lowest BCUT2D eigenvalue weighted by Gasteiger charge is -1.97. The first-order chi connectivity index (χ1) is 11.3. The highest BCUT2D eigenvalue weighted by Crippen LogP contribution is 2.22. The van der Waals surface area contributed by atoms with Crippen LogP contribution >= 0.6 is 0 Å². The predicted molar refractivity (Wildman–Crippen MR) is 90.9 cm³/mol. The van der Waals surface area contributed by atoms with Gasteiger partial charge in [-0.05, 0) is 29.8 Å². The number of pyridine rings is 1. The molecule has 3 aromatic rings. The van der Waals surface area contributed by atoms with Crippen molar-refractivity contribution in [2.24, 2.45) is 10.2 Å². The third kappa shape index (κ3) is 2.48. The van der Waals surface area contributed by atoms with Gasteiger partial charge >= 0.3 is 0 Å². The Morgan fingerprint density at radius 1 is 1.04 bits per heavy atom. The largest absolute Gasteiger partial charge is 0.320 e. The number of nitrogens with one attached hydrogen (secondary N) is 1. The summed E-state index contributed by atoms with van der Waals surface area (Å²) in [4.78, 5) is 16.2. The molecular formula is C18H12N4O. The van der Waals surface area contributed by atoms with E-state index >= 15 is 0 Å². The summed E-state index contributed by atoms with van der Waals surface area (Å²) in [6, 6.07) is 17.1. The van der Waals surface area contributed by atoms with Crippen LogP contribution in [0.3, 0.4) is 0 Å². The van der Waals surface area contributed by atoms with Gasteiger partial charge in [-0.1, -0.05) is 30.3 Å². The first-order valence-electron chi connectivity index (χ1n) is 7.18. The fraction of sp³-hybridized carbons (Fsp3) is 0. The number of rotatable bonds is 2. The Hall–Kier alpha value is -3.34. The van der Waals surface area contributed by atoms with Crippen LogP contribution in [0.25, 0.3) is 10.9 Å². The minimum Gasteiger partial charge on any atom is -0.320 e. The van der Waals surface area contributed by atoms with Crippen LogP contribution in [0.2, 0.25) is 0 Å². The van der Waals surface area contributed by atoms with E-state index in [9.17, 15) is 4.79 Å². The summed E-state index contributed by atoms with van der Waals surface area (Å²) in [7, 11) is 0. The minimum absolute atomic E-state index is 0.230. The maximum Gasteiger partial charge on any atom is 0.276 e. The van der Waals surface area contributed by atoms with Gasteiger partial charge in [-0.3, -0.25) is 9.78 Å². The number of carbonyl (C=O) groups excluding carboxylic acids is 1. The van der Waals surface area contributed by atoms with Crippen LogP contribution < -0.4 is 5.32 Å². The first-order valence-corrected chi connectivity index (χ1v) is 7.18. The Balaban J connectivity index is 1.64. The molecule has 0 fully saturated rings. The van der Waals surface area contributed by atoms with Crippen LogP contribution in [-0.2, 0) is 4.79 Å². The highest BCUT2D eigenvalue weighted by molar-refractivity contribution is 6.53. The number of hydrogen-bond donors (Lipinski definition) is 1. The van der Waals surface area contributed by atoms with Gasteiger partial charge in [0, 0.05) is 17.1 Å². The van der Waals surface area contributed by atoms with Crippen molar-refractivity contribution in [3.05, 3.63) is 71.9 Å². The zero-order chi connectivity index (χ0) is 15.6. The van der Waals surface area contributed by atoms with E-state index in [1.807, 2.05) is 54.6 Å². The molecule has 0 saturated carbocycles. The van der Waals surface area contributed by atoms with E-state index in [2.05, 4.69) is 20.5 Å². The number of benzene rings is 2. The van der Waals surface area contributed by atoms with Crippen LogP contribution in [0.1, 0.15) is 11.1 Å². The predicted octanol–water partition coefficient (Wildman–Crippen LogP) is 3.01. The smallest absolute Gasteiger partial charge is 0.276 e. The van der Waals surface area contributed by atoms with Gasteiger partial charge in [0.25, 0.3) is 5.91 Å². The summed E-state index contributed by atoms with van der Waals surface area (Å²) in [6.45, 7) is 0. The maximum atomic E-state index is 11.9. The molecule has 0 unspecified atom stereocenters. The summed E-state index contributed by atoms with van der Waals surface area (Å²) in [6.07, 6.45) is 3.39. The molecule has 1 N–H and O–H groups in total. The number of anilines is 1. The average Bonchev–Trinajstić information content (AvgIpc) is 2.90. The Kier molecular flexibility index (Phi) is 3.16. The first kappa shape index (κ1) is 13.3. The molecule has 4 rings (SSSR count). The molecule has 1 aromatic heterocycles. The lowest BCUT2D eigenvalue weighted by Crippen LogP contribution is -2.13. The fourth-order valence-electron chi connectivity index (χ4n) is 2.53. The number of hydrogen-bond acceptors (Lipinski definition) is 4. The number of nitrogens with zero attached hydrogens (tertiary/aromatic N) is 3. The van der Waals surface area contributed by atoms with Gasteiger partial charge in [0.05, 0.1) is 17.4 Å². The zero-order valence-corrected chi connectivity index (χ0v) is 12.1. The van der Waals surface area contributed by atoms with Crippen molar-refractivity contribution in [2.75, 3.05) is 5.32 Å². The van der Waals surface area contributed by atoms with E-state index in [-0.39, 0.29) is 5.91 Å². The van der Waals surface area contributed by atoms with Crippen molar-refractivity contribution >= 4 is 34.4 Å². The molecule has 1 amide bonds. The van der Waals surface area contributed by atoms with Gasteiger partial charge in [0.2, 0.25) is 0 Å². The van der Waals surface area contributed by atoms with Gasteiger partial charge in [0.15, 0.2) is 5.71 Å². The molecule has 0 spiro atoms. The molecule has 0 bridgehead atoms. The summed E-state index contributed by atoms with van der Waals surface area (Å²) >= 11 is 0. The quantitative estimate of drug-likeness (QED) is 0.584. The van der Waals surface area contributed by atoms with Crippen molar-refractivity contribution in [2.45, 2.75) is 0 Å². The fourth-order valence-corrected chi connectivity index (χ4v) is 2.53. The molecule has 2 heterocycles. The van der Waals surface area contributed by atoms with E-state index in [1.54, 1.807) is 12.4 Å². The molecule has 1 aliphatic heterocycles. The average molecular weight is 300 g/mol. The molecule has 5 nitrogen and oxygen atoms in total. The number of amides is 1. The lowest BCUT2D eigenvalue weighted by molar-refractivity contribution is -0.110. The zero-order valence-electron chi connectivity index (χ0n) is 12.1. The molecule has 110 valence electrons. The summed E-state index contributed by atoms with van der Waals surface area (Å²) in [5.74, 6) is -0.230. The second kappa shape index (κ2) is 5.46. The van der Waals surface area contributed by atoms with E-state index in [0.717, 1.165) is 27.7 Å². The molecule has 1 aliphatic rings. The topological polar surface area (TPSA) is 66.7 Å².